The molecule has 2 N–H and O–H groups in total. The van der Waals surface area contributed by atoms with Gasteiger partial charge in [-0.2, -0.15) is 0 Å². The Labute approximate surface area is 353 Å². The fourth-order valence-electron chi connectivity index (χ4n) is 11.9. The van der Waals surface area contributed by atoms with E-state index >= 15 is 0 Å². The number of allylic oxidation sites excluding steroid dienone is 8. The number of aromatic nitrogens is 2. The van der Waals surface area contributed by atoms with Gasteiger partial charge < -0.3 is 14.5 Å². The van der Waals surface area contributed by atoms with Gasteiger partial charge in [0.25, 0.3) is 0 Å². The summed E-state index contributed by atoms with van der Waals surface area (Å²) in [6.45, 7) is 9.68. The van der Waals surface area contributed by atoms with Crippen LogP contribution in [0, 0.1) is 11.8 Å². The van der Waals surface area contributed by atoms with Crippen molar-refractivity contribution in [1.29, 1.82) is 0 Å². The maximum atomic E-state index is 4.01. The highest BCUT2D eigenvalue weighted by atomic mass is 15.2. The minimum absolute atomic E-state index is 0.0723. The Bertz CT molecular complexity index is 2990. The predicted molar refractivity (Wildman–Crippen MR) is 249 cm³/mol. The first-order valence-electron chi connectivity index (χ1n) is 22.2. The van der Waals surface area contributed by atoms with Gasteiger partial charge in [0.2, 0.25) is 0 Å². The van der Waals surface area contributed by atoms with E-state index in [1.54, 1.807) is 0 Å². The fraction of sp³-hybridized carbons (Fsp3) is 0.250. The Morgan fingerprint density at radius 1 is 0.733 bits per heavy atom. The number of hydrogen-bond donors (Lipinski definition) is 2. The smallest absolute Gasteiger partial charge is 0.104 e. The summed E-state index contributed by atoms with van der Waals surface area (Å²) in [5, 5.41) is 10.7. The van der Waals surface area contributed by atoms with Gasteiger partial charge in [0.15, 0.2) is 0 Å². The van der Waals surface area contributed by atoms with Gasteiger partial charge in [-0.1, -0.05) is 167 Å². The van der Waals surface area contributed by atoms with E-state index in [0.717, 1.165) is 12.8 Å². The van der Waals surface area contributed by atoms with Crippen LogP contribution in [0.4, 0.5) is 0 Å². The summed E-state index contributed by atoms with van der Waals surface area (Å²) >= 11 is 0. The molecule has 4 heteroatoms. The molecule has 0 amide bonds. The number of hydrogen-bond acceptors (Lipinski definition) is 2. The Balaban J connectivity index is 1.10. The van der Waals surface area contributed by atoms with Crippen LogP contribution >= 0.6 is 0 Å². The van der Waals surface area contributed by atoms with Crippen LogP contribution in [0.5, 0.6) is 0 Å². The molecule has 6 aromatic rings. The molecule has 1 aliphatic heterocycles. The molecule has 0 radical (unpaired) electrons. The second-order valence-corrected chi connectivity index (χ2v) is 18.5. The van der Waals surface area contributed by atoms with E-state index in [1.165, 1.54) is 83.5 Å². The van der Waals surface area contributed by atoms with Crippen molar-refractivity contribution in [1.82, 2.24) is 19.8 Å². The topological polar surface area (TPSA) is 33.9 Å². The van der Waals surface area contributed by atoms with Crippen molar-refractivity contribution in [3.05, 3.63) is 202 Å². The first-order chi connectivity index (χ1) is 29.4. The average Bonchev–Trinajstić information content (AvgIpc) is 3.81. The lowest BCUT2D eigenvalue weighted by Gasteiger charge is -2.45. The Hall–Kier alpha value is -6.10. The normalized spacial score (nSPS) is 28.5. The lowest BCUT2D eigenvalue weighted by atomic mass is 9.59. The van der Waals surface area contributed by atoms with Crippen LogP contribution in [0.1, 0.15) is 92.4 Å². The van der Waals surface area contributed by atoms with Crippen molar-refractivity contribution in [2.45, 2.75) is 76.0 Å². The Morgan fingerprint density at radius 2 is 1.55 bits per heavy atom. The van der Waals surface area contributed by atoms with Crippen molar-refractivity contribution in [3.8, 4) is 17.1 Å². The summed E-state index contributed by atoms with van der Waals surface area (Å²) in [7, 11) is 0. The van der Waals surface area contributed by atoms with Crippen LogP contribution in [0.15, 0.2) is 175 Å². The van der Waals surface area contributed by atoms with Gasteiger partial charge in [0.1, 0.15) is 6.17 Å². The number of nitrogens with one attached hydrogen (secondary N) is 2. The van der Waals surface area contributed by atoms with Crippen molar-refractivity contribution >= 4 is 27.9 Å². The molecule has 60 heavy (non-hydrogen) atoms. The van der Waals surface area contributed by atoms with Crippen molar-refractivity contribution in [2.24, 2.45) is 11.8 Å². The number of fused-ring (bicyclic) bond motifs is 12. The molecule has 0 bridgehead atoms. The summed E-state index contributed by atoms with van der Waals surface area (Å²) in [5.41, 5.74) is 17.1. The molecule has 2 aromatic heterocycles. The molecule has 4 aromatic carbocycles. The highest BCUT2D eigenvalue weighted by Gasteiger charge is 2.50. The van der Waals surface area contributed by atoms with E-state index in [-0.39, 0.29) is 23.7 Å². The fourth-order valence-corrected chi connectivity index (χ4v) is 11.9. The number of rotatable bonds is 4. The van der Waals surface area contributed by atoms with Gasteiger partial charge in [0.05, 0.1) is 29.0 Å². The third-order valence-electron chi connectivity index (χ3n) is 14.8. The largest absolute Gasteiger partial charge is 0.365 e. The van der Waals surface area contributed by atoms with E-state index in [9.17, 15) is 0 Å². The summed E-state index contributed by atoms with van der Waals surface area (Å²) in [5.74, 6) is 1.62. The minimum atomic E-state index is -0.173. The van der Waals surface area contributed by atoms with E-state index in [0.29, 0.717) is 23.7 Å². The number of benzene rings is 4. The summed E-state index contributed by atoms with van der Waals surface area (Å²) in [6, 6.07) is 37.1. The average molecular weight is 781 g/mol. The van der Waals surface area contributed by atoms with E-state index in [1.807, 2.05) is 0 Å². The van der Waals surface area contributed by atoms with Gasteiger partial charge in [-0.25, -0.2) is 0 Å². The van der Waals surface area contributed by atoms with Gasteiger partial charge in [-0.3, -0.25) is 5.32 Å². The molecular formula is C56H52N4. The van der Waals surface area contributed by atoms with Crippen molar-refractivity contribution in [2.75, 3.05) is 0 Å². The molecule has 8 atom stereocenters. The lowest BCUT2D eigenvalue weighted by Crippen LogP contribution is -2.46. The van der Waals surface area contributed by atoms with Crippen LogP contribution in [-0.2, 0) is 5.41 Å². The van der Waals surface area contributed by atoms with Gasteiger partial charge in [-0.15, -0.1) is 0 Å². The van der Waals surface area contributed by atoms with Crippen molar-refractivity contribution in [3.63, 3.8) is 0 Å². The third-order valence-corrected chi connectivity index (χ3v) is 14.8. The molecule has 6 aliphatic rings. The second kappa shape index (κ2) is 13.5. The molecule has 0 saturated heterocycles. The zero-order valence-corrected chi connectivity index (χ0v) is 34.9. The minimum Gasteiger partial charge on any atom is -0.365 e. The quantitative estimate of drug-likeness (QED) is 0.175. The molecule has 3 heterocycles. The van der Waals surface area contributed by atoms with E-state index < -0.39 is 0 Å². The van der Waals surface area contributed by atoms with Crippen LogP contribution in [-0.4, -0.2) is 15.2 Å². The van der Waals surface area contributed by atoms with Crippen LogP contribution in [0.2, 0.25) is 0 Å². The maximum absolute atomic E-state index is 4.01. The lowest BCUT2D eigenvalue weighted by molar-refractivity contribution is 0.373. The van der Waals surface area contributed by atoms with Crippen molar-refractivity contribution < 1.29 is 0 Å². The summed E-state index contributed by atoms with van der Waals surface area (Å²) < 4.78 is 5.38. The predicted octanol–water partition coefficient (Wildman–Crippen LogP) is 13.0. The molecule has 296 valence electrons. The highest BCUT2D eigenvalue weighted by Crippen LogP contribution is 2.62. The Kier molecular flexibility index (Phi) is 8.03. The van der Waals surface area contributed by atoms with Crippen LogP contribution in [0.3, 0.4) is 0 Å². The van der Waals surface area contributed by atoms with Gasteiger partial charge >= 0.3 is 0 Å². The molecule has 0 saturated carbocycles. The van der Waals surface area contributed by atoms with Gasteiger partial charge in [0, 0.05) is 44.9 Å². The molecule has 0 spiro atoms. The first kappa shape index (κ1) is 35.8. The number of para-hydroxylation sites is 2. The molecular weight excluding hydrogens is 729 g/mol. The Morgan fingerprint density at radius 3 is 2.43 bits per heavy atom. The molecule has 0 fully saturated rings. The zero-order valence-electron chi connectivity index (χ0n) is 34.9. The van der Waals surface area contributed by atoms with E-state index in [4.69, 9.17) is 0 Å². The summed E-state index contributed by atoms with van der Waals surface area (Å²) in [4.78, 5) is 0. The van der Waals surface area contributed by atoms with Gasteiger partial charge in [-0.05, 0) is 87.9 Å². The number of nitrogens with zero attached hydrogens (tertiary/aromatic N) is 2. The monoisotopic (exact) mass is 780 g/mol. The van der Waals surface area contributed by atoms with Crippen LogP contribution in [0.25, 0.3) is 45.0 Å². The molecule has 8 unspecified atom stereocenters. The van der Waals surface area contributed by atoms with E-state index in [2.05, 4.69) is 211 Å². The van der Waals surface area contributed by atoms with Crippen LogP contribution < -0.4 is 10.6 Å². The standard InChI is InChI=1S/C56H52N4/c1-34-15-13-17-38(31-34)52-42-21-7-10-24-46(42)57-55(58-52)39-18-14-19-40(33-39)59-48-25-11-8-22-43(48)50-45-32-35(2)29-30-56(45,4)51-44-23-9-12-26-49(44)60(54(51)53(50)59)47-28-27-37-16-5-6-20-41(37)36(47)3/h5-14,16-31,33-36,45-47,55,57-58H,15,32H2,1-4H3. The first-order valence-corrected chi connectivity index (χ1v) is 22.2. The zero-order chi connectivity index (χ0) is 40.3. The maximum Gasteiger partial charge on any atom is 0.104 e. The highest BCUT2D eigenvalue weighted by molar-refractivity contribution is 6.02. The molecule has 5 aliphatic carbocycles. The SMILES string of the molecule is CC1C=C(C2=C3C=CC=CC3NC(c3cccc(-n4c5c(c6ccccc64)C4CC(C)C=CC4(C)c4c-5n(C5C=Cc6ccccc6C5C)c5ccccc45)c3)N2)C=CC1. The summed E-state index contributed by atoms with van der Waals surface area (Å²) in [6.07, 6.45) is 28.0. The second-order valence-electron chi connectivity index (χ2n) is 18.5. The molecule has 12 rings (SSSR count). The molecule has 4 nitrogen and oxygen atoms in total. The third kappa shape index (κ3) is 5.19.